The SMILES string of the molecule is CCOc1cc(C)ccc1C1CCN(CCCCNC(=O)c2ccc(-c3ccc(C(F)(F)F)cn3)cc2)CC1.Cl. The topological polar surface area (TPSA) is 54.5 Å². The van der Waals surface area contributed by atoms with Crippen LogP contribution in [0.3, 0.4) is 0 Å². The quantitative estimate of drug-likeness (QED) is 0.258. The first kappa shape index (κ1) is 31.4. The predicted molar refractivity (Wildman–Crippen MR) is 154 cm³/mol. The Balaban J connectivity index is 0.00000441. The molecule has 0 saturated carbocycles. The van der Waals surface area contributed by atoms with E-state index in [1.807, 2.05) is 6.92 Å². The lowest BCUT2D eigenvalue weighted by atomic mass is 9.88. The average molecular weight is 576 g/mol. The number of likely N-dealkylation sites (tertiary alicyclic amines) is 1. The lowest BCUT2D eigenvalue weighted by molar-refractivity contribution is -0.137. The molecule has 1 aliphatic rings. The highest BCUT2D eigenvalue weighted by Gasteiger charge is 2.30. The molecule has 0 unspecified atom stereocenters. The highest BCUT2D eigenvalue weighted by Crippen LogP contribution is 2.35. The van der Waals surface area contributed by atoms with Crippen molar-refractivity contribution in [1.82, 2.24) is 15.2 Å². The molecule has 2 aromatic carbocycles. The molecule has 5 nitrogen and oxygen atoms in total. The van der Waals surface area contributed by atoms with Gasteiger partial charge in [0.05, 0.1) is 17.9 Å². The van der Waals surface area contributed by atoms with Crippen molar-refractivity contribution in [3.63, 3.8) is 0 Å². The maximum absolute atomic E-state index is 12.7. The molecule has 4 rings (SSSR count). The van der Waals surface area contributed by atoms with Crippen LogP contribution in [0, 0.1) is 6.92 Å². The number of piperidine rings is 1. The van der Waals surface area contributed by atoms with Crippen LogP contribution in [0.4, 0.5) is 13.2 Å². The number of amides is 1. The molecule has 3 aromatic rings. The van der Waals surface area contributed by atoms with Gasteiger partial charge in [-0.1, -0.05) is 24.3 Å². The van der Waals surface area contributed by atoms with Crippen molar-refractivity contribution < 1.29 is 22.7 Å². The number of ether oxygens (including phenoxy) is 1. The van der Waals surface area contributed by atoms with E-state index in [2.05, 4.69) is 40.3 Å². The molecule has 0 spiro atoms. The number of alkyl halides is 3. The fourth-order valence-electron chi connectivity index (χ4n) is 5.02. The van der Waals surface area contributed by atoms with Crippen LogP contribution >= 0.6 is 12.4 Å². The minimum absolute atomic E-state index is 0. The Kier molecular flexibility index (Phi) is 11.4. The van der Waals surface area contributed by atoms with Gasteiger partial charge in [0, 0.05) is 23.9 Å². The number of carbonyl (C=O) groups is 1. The number of halogens is 4. The molecule has 0 atom stereocenters. The zero-order valence-electron chi connectivity index (χ0n) is 23.0. The van der Waals surface area contributed by atoms with Crippen molar-refractivity contribution in [3.8, 4) is 17.0 Å². The Morgan fingerprint density at radius 3 is 2.40 bits per heavy atom. The standard InChI is InChI=1S/C31H36F3N3O2.ClH/c1-3-39-29-20-22(2)6-12-27(29)23-14-18-37(19-15-23)17-5-4-16-35-30(38)25-9-7-24(8-10-25)28-13-11-26(21-36-28)31(32,33)34;/h6-13,20-21,23H,3-5,14-19H2,1-2H3,(H,35,38);1H. The Bertz CT molecular complexity index is 1230. The summed E-state index contributed by atoms with van der Waals surface area (Å²) in [6.07, 6.45) is 0.556. The fraction of sp³-hybridized carbons (Fsp3) is 0.419. The summed E-state index contributed by atoms with van der Waals surface area (Å²) in [6.45, 7) is 8.54. The third-order valence-electron chi connectivity index (χ3n) is 7.22. The fourth-order valence-corrected chi connectivity index (χ4v) is 5.02. The van der Waals surface area contributed by atoms with Crippen molar-refractivity contribution in [1.29, 1.82) is 0 Å². The summed E-state index contributed by atoms with van der Waals surface area (Å²) in [6, 6.07) is 15.6. The molecule has 0 radical (unpaired) electrons. The molecule has 1 saturated heterocycles. The van der Waals surface area contributed by atoms with E-state index in [0.29, 0.717) is 35.9 Å². The van der Waals surface area contributed by atoms with Crippen molar-refractivity contribution in [2.24, 2.45) is 0 Å². The molecule has 40 heavy (non-hydrogen) atoms. The summed E-state index contributed by atoms with van der Waals surface area (Å²) in [5, 5.41) is 2.96. The Labute approximate surface area is 240 Å². The Morgan fingerprint density at radius 2 is 1.77 bits per heavy atom. The van der Waals surface area contributed by atoms with Gasteiger partial charge in [0.15, 0.2) is 0 Å². The van der Waals surface area contributed by atoms with Gasteiger partial charge in [-0.25, -0.2) is 0 Å². The monoisotopic (exact) mass is 575 g/mol. The van der Waals surface area contributed by atoms with Crippen LogP contribution < -0.4 is 10.1 Å². The second-order valence-electron chi connectivity index (χ2n) is 10.1. The molecule has 1 fully saturated rings. The van der Waals surface area contributed by atoms with Crippen molar-refractivity contribution in [2.75, 3.05) is 32.8 Å². The summed E-state index contributed by atoms with van der Waals surface area (Å²) in [5.41, 5.74) is 3.35. The number of aryl methyl sites for hydroxylation is 1. The summed E-state index contributed by atoms with van der Waals surface area (Å²) >= 11 is 0. The van der Waals surface area contributed by atoms with Gasteiger partial charge in [0.2, 0.25) is 0 Å². The van der Waals surface area contributed by atoms with Gasteiger partial charge in [-0.2, -0.15) is 13.2 Å². The number of rotatable bonds is 10. The third-order valence-corrected chi connectivity index (χ3v) is 7.22. The van der Waals surface area contributed by atoms with Crippen LogP contribution in [-0.2, 0) is 6.18 Å². The zero-order chi connectivity index (χ0) is 27.8. The van der Waals surface area contributed by atoms with E-state index in [4.69, 9.17) is 4.74 Å². The summed E-state index contributed by atoms with van der Waals surface area (Å²) in [5.74, 6) is 1.40. The molecule has 1 N–H and O–H groups in total. The molecule has 1 amide bonds. The Hall–Kier alpha value is -3.10. The number of aromatic nitrogens is 1. The first-order valence-electron chi connectivity index (χ1n) is 13.6. The minimum atomic E-state index is -4.42. The van der Waals surface area contributed by atoms with Crippen LogP contribution in [0.25, 0.3) is 11.3 Å². The van der Waals surface area contributed by atoms with Crippen LogP contribution in [0.2, 0.25) is 0 Å². The van der Waals surface area contributed by atoms with E-state index < -0.39 is 11.7 Å². The molecule has 9 heteroatoms. The smallest absolute Gasteiger partial charge is 0.417 e. The first-order valence-corrected chi connectivity index (χ1v) is 13.6. The highest BCUT2D eigenvalue weighted by molar-refractivity contribution is 5.94. The van der Waals surface area contributed by atoms with Gasteiger partial charge in [0.1, 0.15) is 5.75 Å². The van der Waals surface area contributed by atoms with Gasteiger partial charge in [-0.15, -0.1) is 12.4 Å². The second-order valence-corrected chi connectivity index (χ2v) is 10.1. The summed E-state index contributed by atoms with van der Waals surface area (Å²) in [4.78, 5) is 18.9. The van der Waals surface area contributed by atoms with E-state index in [9.17, 15) is 18.0 Å². The molecule has 216 valence electrons. The molecule has 1 aromatic heterocycles. The normalized spacial score (nSPS) is 14.4. The number of carbonyl (C=O) groups excluding carboxylic acids is 1. The third kappa shape index (κ3) is 8.45. The van der Waals surface area contributed by atoms with Gasteiger partial charge in [-0.05, 0) is 107 Å². The van der Waals surface area contributed by atoms with E-state index in [1.54, 1.807) is 24.3 Å². The van der Waals surface area contributed by atoms with Crippen molar-refractivity contribution >= 4 is 18.3 Å². The first-order chi connectivity index (χ1) is 18.7. The molecule has 0 bridgehead atoms. The summed E-state index contributed by atoms with van der Waals surface area (Å²) < 4.78 is 44.1. The van der Waals surface area contributed by atoms with E-state index in [0.717, 1.165) is 63.3 Å². The molecule has 2 heterocycles. The molecule has 0 aliphatic carbocycles. The van der Waals surface area contributed by atoms with E-state index >= 15 is 0 Å². The molecular weight excluding hydrogens is 539 g/mol. The zero-order valence-corrected chi connectivity index (χ0v) is 23.8. The number of nitrogens with zero attached hydrogens (tertiary/aromatic N) is 2. The van der Waals surface area contributed by atoms with E-state index in [-0.39, 0.29) is 18.3 Å². The molecule has 1 aliphatic heterocycles. The van der Waals surface area contributed by atoms with E-state index in [1.165, 1.54) is 17.2 Å². The van der Waals surface area contributed by atoms with Gasteiger partial charge >= 0.3 is 6.18 Å². The lowest BCUT2D eigenvalue weighted by Crippen LogP contribution is -2.34. The number of unbranched alkanes of at least 4 members (excludes halogenated alkanes) is 1. The van der Waals surface area contributed by atoms with Crippen LogP contribution in [0.1, 0.15) is 65.6 Å². The number of pyridine rings is 1. The maximum atomic E-state index is 12.7. The molecular formula is C31H37ClF3N3O2. The maximum Gasteiger partial charge on any atom is 0.417 e. The van der Waals surface area contributed by atoms with Crippen LogP contribution in [0.15, 0.2) is 60.8 Å². The largest absolute Gasteiger partial charge is 0.494 e. The van der Waals surface area contributed by atoms with Crippen molar-refractivity contribution in [2.45, 2.75) is 51.6 Å². The average Bonchev–Trinajstić information content (AvgIpc) is 2.93. The van der Waals surface area contributed by atoms with Crippen molar-refractivity contribution in [3.05, 3.63) is 83.0 Å². The van der Waals surface area contributed by atoms with Gasteiger partial charge < -0.3 is 15.0 Å². The van der Waals surface area contributed by atoms with Gasteiger partial charge in [0.25, 0.3) is 5.91 Å². The highest BCUT2D eigenvalue weighted by atomic mass is 35.5. The minimum Gasteiger partial charge on any atom is -0.494 e. The van der Waals surface area contributed by atoms with Crippen LogP contribution in [-0.4, -0.2) is 48.6 Å². The predicted octanol–water partition coefficient (Wildman–Crippen LogP) is 7.29. The number of hydrogen-bond donors (Lipinski definition) is 1. The summed E-state index contributed by atoms with van der Waals surface area (Å²) in [7, 11) is 0. The number of hydrogen-bond acceptors (Lipinski definition) is 4. The number of nitrogens with one attached hydrogen (secondary N) is 1. The van der Waals surface area contributed by atoms with Gasteiger partial charge in [-0.3, -0.25) is 9.78 Å². The Morgan fingerprint density at radius 1 is 1.05 bits per heavy atom. The number of benzene rings is 2. The lowest BCUT2D eigenvalue weighted by Gasteiger charge is -2.33. The van der Waals surface area contributed by atoms with Crippen LogP contribution in [0.5, 0.6) is 5.75 Å². The second kappa shape index (κ2) is 14.5.